The van der Waals surface area contributed by atoms with Crippen LogP contribution in [0.1, 0.15) is 19.3 Å². The van der Waals surface area contributed by atoms with Crippen molar-refractivity contribution in [3.63, 3.8) is 0 Å². The molecule has 0 radical (unpaired) electrons. The fraction of sp³-hybridized carbons (Fsp3) is 0.650. The predicted molar refractivity (Wildman–Crippen MR) is 121 cm³/mol. The van der Waals surface area contributed by atoms with Crippen LogP contribution >= 0.6 is 15.9 Å². The average molecular weight is 480 g/mol. The maximum atomic E-state index is 12.3. The summed E-state index contributed by atoms with van der Waals surface area (Å²) >= 11 is 3.69. The van der Waals surface area contributed by atoms with Crippen molar-refractivity contribution in [3.8, 4) is 0 Å². The number of pyridine rings is 1. The Morgan fingerprint density at radius 1 is 1.24 bits per heavy atom. The zero-order chi connectivity index (χ0) is 20.6. The van der Waals surface area contributed by atoms with Crippen molar-refractivity contribution >= 4 is 46.6 Å². The van der Waals surface area contributed by atoms with Gasteiger partial charge in [0.15, 0.2) is 5.65 Å². The molecule has 1 spiro atoms. The molecular weight excluding hydrogens is 450 g/mol. The first-order chi connectivity index (χ1) is 13.8. The highest BCUT2D eigenvalue weighted by Crippen LogP contribution is 2.42. The number of aromatic nitrogens is 3. The number of hydrogen-bond acceptors (Lipinski definition) is 5. The summed E-state index contributed by atoms with van der Waals surface area (Å²) in [6.45, 7) is 10.8. The molecule has 1 amide bonds. The molecule has 0 atom stereocenters. The van der Waals surface area contributed by atoms with E-state index in [0.29, 0.717) is 6.73 Å². The number of carbonyl (C=O) groups is 1. The molecule has 1 N–H and O–H groups in total. The highest BCUT2D eigenvalue weighted by atomic mass is 79.9. The molecule has 4 rings (SSSR count). The first kappa shape index (κ1) is 20.8. The zero-order valence-electron chi connectivity index (χ0n) is 17.5. The van der Waals surface area contributed by atoms with Gasteiger partial charge < -0.3 is 15.0 Å². The monoisotopic (exact) mass is 479 g/mol. The third kappa shape index (κ3) is 4.22. The van der Waals surface area contributed by atoms with Crippen molar-refractivity contribution in [2.75, 3.05) is 31.1 Å². The van der Waals surface area contributed by atoms with Gasteiger partial charge in [-0.05, 0) is 41.2 Å². The quantitative estimate of drug-likeness (QED) is 0.505. The second-order valence-electron chi connectivity index (χ2n) is 9.46. The molecule has 0 aromatic carbocycles. The third-order valence-electron chi connectivity index (χ3n) is 6.21. The Kier molecular flexibility index (Phi) is 5.74. The highest BCUT2D eigenvalue weighted by molar-refractivity contribution is 9.10. The number of halogens is 1. The molecule has 4 heterocycles. The van der Waals surface area contributed by atoms with Crippen LogP contribution < -0.4 is 10.2 Å². The van der Waals surface area contributed by atoms with Crippen LogP contribution in [0.3, 0.4) is 0 Å². The number of hydrogen-bond donors (Lipinski definition) is 1. The molecule has 2 aliphatic rings. The van der Waals surface area contributed by atoms with Gasteiger partial charge in [-0.15, -0.1) is 0 Å². The molecule has 2 saturated heterocycles. The number of piperidine rings is 1. The van der Waals surface area contributed by atoms with E-state index >= 15 is 0 Å². The van der Waals surface area contributed by atoms with E-state index in [-0.39, 0.29) is 11.3 Å². The largest absolute Gasteiger partial charge is 0.370 e. The van der Waals surface area contributed by atoms with E-state index < -0.39 is 8.07 Å². The molecule has 9 heteroatoms. The van der Waals surface area contributed by atoms with Gasteiger partial charge in [0.2, 0.25) is 5.91 Å². The number of amides is 1. The smallest absolute Gasteiger partial charge is 0.226 e. The summed E-state index contributed by atoms with van der Waals surface area (Å²) in [6, 6.07) is 1.14. The fourth-order valence-electron chi connectivity index (χ4n) is 4.29. The summed E-state index contributed by atoms with van der Waals surface area (Å²) in [6.07, 6.45) is 6.48. The first-order valence-electron chi connectivity index (χ1n) is 10.4. The summed E-state index contributed by atoms with van der Waals surface area (Å²) < 4.78 is 8.69. The van der Waals surface area contributed by atoms with E-state index in [9.17, 15) is 4.79 Å². The topological polar surface area (TPSA) is 72.3 Å². The fourth-order valence-corrected chi connectivity index (χ4v) is 5.61. The number of carbonyl (C=O) groups excluding carboxylic acids is 1. The van der Waals surface area contributed by atoms with Crippen molar-refractivity contribution in [2.45, 2.75) is 51.7 Å². The average Bonchev–Trinajstić information content (AvgIpc) is 3.23. The molecule has 158 valence electrons. The lowest BCUT2D eigenvalue weighted by Gasteiger charge is -2.39. The molecule has 0 aliphatic carbocycles. The summed E-state index contributed by atoms with van der Waals surface area (Å²) in [4.78, 5) is 19.3. The second-order valence-corrected chi connectivity index (χ2v) is 15.9. The van der Waals surface area contributed by atoms with E-state index in [1.54, 1.807) is 0 Å². The van der Waals surface area contributed by atoms with Gasteiger partial charge in [-0.1, -0.05) is 19.6 Å². The molecule has 2 fully saturated rings. The van der Waals surface area contributed by atoms with Crippen LogP contribution in [0.4, 0.5) is 5.69 Å². The SMILES string of the molecule is C[Si](C)(C)CCOCn1ncc2c(N3CCC4(CCNC4=O)CC3)c(Br)cnc21. The molecule has 7 nitrogen and oxygen atoms in total. The minimum absolute atomic E-state index is 0.163. The lowest BCUT2D eigenvalue weighted by Crippen LogP contribution is -2.44. The van der Waals surface area contributed by atoms with E-state index in [1.807, 2.05) is 17.1 Å². The highest BCUT2D eigenvalue weighted by Gasteiger charge is 2.44. The molecule has 0 bridgehead atoms. The minimum atomic E-state index is -1.10. The Morgan fingerprint density at radius 2 is 2.00 bits per heavy atom. The van der Waals surface area contributed by atoms with Gasteiger partial charge in [0, 0.05) is 40.5 Å². The van der Waals surface area contributed by atoms with Gasteiger partial charge in [0.25, 0.3) is 0 Å². The van der Waals surface area contributed by atoms with Gasteiger partial charge in [-0.3, -0.25) is 4.79 Å². The molecule has 0 unspecified atom stereocenters. The Bertz CT molecular complexity index is 902. The summed E-state index contributed by atoms with van der Waals surface area (Å²) in [7, 11) is -1.10. The van der Waals surface area contributed by atoms with Gasteiger partial charge in [0.1, 0.15) is 6.73 Å². The van der Waals surface area contributed by atoms with Crippen molar-refractivity contribution in [1.82, 2.24) is 20.1 Å². The molecule has 2 aliphatic heterocycles. The summed E-state index contributed by atoms with van der Waals surface area (Å²) in [5.74, 6) is 0.236. The van der Waals surface area contributed by atoms with E-state index in [1.165, 1.54) is 0 Å². The van der Waals surface area contributed by atoms with Crippen molar-refractivity contribution in [3.05, 3.63) is 16.9 Å². The normalized spacial score (nSPS) is 19.3. The van der Waals surface area contributed by atoms with Crippen LogP contribution in [-0.4, -0.2) is 55.0 Å². The van der Waals surface area contributed by atoms with Gasteiger partial charge in [-0.2, -0.15) is 5.10 Å². The van der Waals surface area contributed by atoms with Crippen LogP contribution in [0.5, 0.6) is 0 Å². The van der Waals surface area contributed by atoms with Gasteiger partial charge in [0.05, 0.1) is 27.2 Å². The van der Waals surface area contributed by atoms with E-state index in [4.69, 9.17) is 4.74 Å². The van der Waals surface area contributed by atoms with Crippen molar-refractivity contribution < 1.29 is 9.53 Å². The Labute approximate surface area is 181 Å². The number of nitrogens with zero attached hydrogens (tertiary/aromatic N) is 4. The lowest BCUT2D eigenvalue weighted by atomic mass is 9.77. The van der Waals surface area contributed by atoms with E-state index in [0.717, 1.165) is 72.7 Å². The molecule has 2 aromatic rings. The Morgan fingerprint density at radius 3 is 2.66 bits per heavy atom. The Balaban J connectivity index is 1.49. The van der Waals surface area contributed by atoms with Crippen molar-refractivity contribution in [1.29, 1.82) is 0 Å². The third-order valence-corrected chi connectivity index (χ3v) is 8.50. The van der Waals surface area contributed by atoms with Crippen LogP contribution in [0, 0.1) is 5.41 Å². The molecule has 29 heavy (non-hydrogen) atoms. The standard InChI is InChI=1S/C20H30BrN5O2Si/c1-29(2,3)11-10-28-14-26-18-15(12-24-26)17(16(21)13-23-18)25-8-5-20(6-9-25)4-7-22-19(20)27/h12-13H,4-11,14H2,1-3H3,(H,22,27). The Hall–Kier alpha value is -1.45. The number of anilines is 1. The summed E-state index contributed by atoms with van der Waals surface area (Å²) in [5.41, 5.74) is 1.80. The predicted octanol–water partition coefficient (Wildman–Crippen LogP) is 3.61. The van der Waals surface area contributed by atoms with E-state index in [2.05, 4.69) is 55.9 Å². The number of rotatable bonds is 6. The summed E-state index contributed by atoms with van der Waals surface area (Å²) in [5, 5.41) is 8.58. The second kappa shape index (κ2) is 8.00. The maximum Gasteiger partial charge on any atom is 0.226 e. The molecular formula is C20H30BrN5O2Si. The molecule has 0 saturated carbocycles. The van der Waals surface area contributed by atoms with Crippen LogP contribution in [-0.2, 0) is 16.3 Å². The lowest BCUT2D eigenvalue weighted by molar-refractivity contribution is -0.128. The van der Waals surface area contributed by atoms with Gasteiger partial charge >= 0.3 is 0 Å². The van der Waals surface area contributed by atoms with Crippen LogP contribution in [0.25, 0.3) is 11.0 Å². The van der Waals surface area contributed by atoms with Crippen LogP contribution in [0.15, 0.2) is 16.9 Å². The first-order valence-corrected chi connectivity index (χ1v) is 14.9. The number of nitrogens with one attached hydrogen (secondary N) is 1. The van der Waals surface area contributed by atoms with Crippen LogP contribution in [0.2, 0.25) is 25.7 Å². The maximum absolute atomic E-state index is 12.3. The number of ether oxygens (including phenoxy) is 1. The minimum Gasteiger partial charge on any atom is -0.370 e. The van der Waals surface area contributed by atoms with Gasteiger partial charge in [-0.25, -0.2) is 9.67 Å². The zero-order valence-corrected chi connectivity index (χ0v) is 20.1. The van der Waals surface area contributed by atoms with Crippen molar-refractivity contribution in [2.24, 2.45) is 5.41 Å². The number of fused-ring (bicyclic) bond motifs is 1. The molecule has 2 aromatic heterocycles.